The van der Waals surface area contributed by atoms with Crippen molar-refractivity contribution in [3.63, 3.8) is 0 Å². The molecular weight excluding hydrogens is 338 g/mol. The van der Waals surface area contributed by atoms with Gasteiger partial charge in [-0.25, -0.2) is 8.78 Å². The highest BCUT2D eigenvalue weighted by Gasteiger charge is 2.28. The number of nitrogens with zero attached hydrogens (tertiary/aromatic N) is 2. The van der Waals surface area contributed by atoms with Crippen molar-refractivity contribution in [2.75, 3.05) is 25.1 Å². The summed E-state index contributed by atoms with van der Waals surface area (Å²) in [5.74, 6) is -0.955. The van der Waals surface area contributed by atoms with Crippen LogP contribution in [0.25, 0.3) is 0 Å². The van der Waals surface area contributed by atoms with Crippen molar-refractivity contribution in [1.29, 1.82) is 5.26 Å². The standard InChI is InChI=1S/C20H18F2N2O2/c1-26-16-4-2-14(3-5-16)20(25)15-6-8-24(9-7-15)19-17(21)10-13(12-23)11-18(19)22/h2-5,10-11,15H,6-9H2,1H3. The van der Waals surface area contributed by atoms with Crippen LogP contribution in [0.1, 0.15) is 28.8 Å². The molecule has 1 fully saturated rings. The smallest absolute Gasteiger partial charge is 0.166 e. The van der Waals surface area contributed by atoms with Gasteiger partial charge in [-0.2, -0.15) is 5.26 Å². The number of hydrogen-bond donors (Lipinski definition) is 0. The SMILES string of the molecule is COc1ccc(C(=O)C2CCN(c3c(F)cc(C#N)cc3F)CC2)cc1. The van der Waals surface area contributed by atoms with E-state index in [-0.39, 0.29) is 23.0 Å². The number of halogens is 2. The minimum atomic E-state index is -0.749. The minimum Gasteiger partial charge on any atom is -0.497 e. The maximum absolute atomic E-state index is 14.2. The van der Waals surface area contributed by atoms with Crippen LogP contribution >= 0.6 is 0 Å². The number of carbonyl (C=O) groups excluding carboxylic acids is 1. The Labute approximate surface area is 150 Å². The lowest BCUT2D eigenvalue weighted by atomic mass is 9.88. The largest absolute Gasteiger partial charge is 0.497 e. The highest BCUT2D eigenvalue weighted by atomic mass is 19.1. The summed E-state index contributed by atoms with van der Waals surface area (Å²) in [5, 5.41) is 8.78. The Balaban J connectivity index is 1.69. The highest BCUT2D eigenvalue weighted by molar-refractivity contribution is 5.98. The minimum absolute atomic E-state index is 0.0353. The Morgan fingerprint density at radius 1 is 1.15 bits per heavy atom. The molecule has 1 heterocycles. The average molecular weight is 356 g/mol. The molecular formula is C20H18F2N2O2. The van der Waals surface area contributed by atoms with Gasteiger partial charge in [0, 0.05) is 24.6 Å². The van der Waals surface area contributed by atoms with E-state index in [1.54, 1.807) is 42.3 Å². The van der Waals surface area contributed by atoms with Crippen LogP contribution in [0.3, 0.4) is 0 Å². The van der Waals surface area contributed by atoms with E-state index >= 15 is 0 Å². The zero-order chi connectivity index (χ0) is 18.7. The summed E-state index contributed by atoms with van der Waals surface area (Å²) >= 11 is 0. The lowest BCUT2D eigenvalue weighted by molar-refractivity contribution is 0.0900. The fourth-order valence-electron chi connectivity index (χ4n) is 3.29. The van der Waals surface area contributed by atoms with E-state index in [4.69, 9.17) is 10.00 Å². The van der Waals surface area contributed by atoms with E-state index in [1.807, 2.05) is 0 Å². The number of piperidine rings is 1. The Morgan fingerprint density at radius 2 is 1.73 bits per heavy atom. The molecule has 0 aliphatic carbocycles. The molecule has 0 radical (unpaired) electrons. The summed E-state index contributed by atoms with van der Waals surface area (Å²) in [5.41, 5.74) is 0.438. The summed E-state index contributed by atoms with van der Waals surface area (Å²) < 4.78 is 33.4. The molecule has 0 amide bonds. The molecule has 3 rings (SSSR count). The number of methoxy groups -OCH3 is 1. The normalized spacial score (nSPS) is 14.8. The summed E-state index contributed by atoms with van der Waals surface area (Å²) in [6.45, 7) is 0.763. The first-order valence-electron chi connectivity index (χ1n) is 8.36. The quantitative estimate of drug-likeness (QED) is 0.779. The number of hydrogen-bond acceptors (Lipinski definition) is 4. The zero-order valence-electron chi connectivity index (χ0n) is 14.3. The van der Waals surface area contributed by atoms with Crippen molar-refractivity contribution >= 4 is 11.5 Å². The summed E-state index contributed by atoms with van der Waals surface area (Å²) in [6, 6.07) is 10.7. The Kier molecular flexibility index (Phi) is 5.17. The van der Waals surface area contributed by atoms with Crippen molar-refractivity contribution in [1.82, 2.24) is 0 Å². The average Bonchev–Trinajstić information content (AvgIpc) is 2.67. The molecule has 4 nitrogen and oxygen atoms in total. The number of rotatable bonds is 4. The maximum atomic E-state index is 14.2. The van der Waals surface area contributed by atoms with Gasteiger partial charge in [0.2, 0.25) is 0 Å². The first kappa shape index (κ1) is 17.9. The van der Waals surface area contributed by atoms with E-state index in [1.165, 1.54) is 0 Å². The molecule has 6 heteroatoms. The first-order valence-corrected chi connectivity index (χ1v) is 8.36. The highest BCUT2D eigenvalue weighted by Crippen LogP contribution is 2.30. The van der Waals surface area contributed by atoms with Crippen LogP contribution in [0.15, 0.2) is 36.4 Å². The van der Waals surface area contributed by atoms with E-state index in [9.17, 15) is 13.6 Å². The van der Waals surface area contributed by atoms with E-state index in [0.29, 0.717) is 37.2 Å². The molecule has 26 heavy (non-hydrogen) atoms. The molecule has 0 saturated carbocycles. The molecule has 0 spiro atoms. The van der Waals surface area contributed by atoms with Crippen molar-refractivity contribution in [2.45, 2.75) is 12.8 Å². The van der Waals surface area contributed by atoms with Gasteiger partial charge >= 0.3 is 0 Å². The molecule has 1 aliphatic heterocycles. The Morgan fingerprint density at radius 3 is 2.23 bits per heavy atom. The maximum Gasteiger partial charge on any atom is 0.166 e. The first-order chi connectivity index (χ1) is 12.5. The van der Waals surface area contributed by atoms with Crippen molar-refractivity contribution in [3.8, 4) is 11.8 Å². The second-order valence-corrected chi connectivity index (χ2v) is 6.25. The fraction of sp³-hybridized carbons (Fsp3) is 0.300. The molecule has 0 atom stereocenters. The molecule has 1 aliphatic rings. The second kappa shape index (κ2) is 7.52. The molecule has 0 bridgehead atoms. The third-order valence-corrected chi connectivity index (χ3v) is 4.70. The lowest BCUT2D eigenvalue weighted by Gasteiger charge is -2.33. The van der Waals surface area contributed by atoms with Gasteiger partial charge in [-0.3, -0.25) is 4.79 Å². The van der Waals surface area contributed by atoms with Crippen molar-refractivity contribution < 1.29 is 18.3 Å². The van der Waals surface area contributed by atoms with Gasteiger partial charge in [0.1, 0.15) is 11.4 Å². The van der Waals surface area contributed by atoms with Gasteiger partial charge < -0.3 is 9.64 Å². The third kappa shape index (κ3) is 3.52. The summed E-state index contributed by atoms with van der Waals surface area (Å²) in [7, 11) is 1.56. The summed E-state index contributed by atoms with van der Waals surface area (Å²) in [4.78, 5) is 14.2. The fourth-order valence-corrected chi connectivity index (χ4v) is 3.29. The second-order valence-electron chi connectivity index (χ2n) is 6.25. The molecule has 0 N–H and O–H groups in total. The Hall–Kier alpha value is -2.94. The summed E-state index contributed by atoms with van der Waals surface area (Å²) in [6.07, 6.45) is 1.04. The van der Waals surface area contributed by atoms with Crippen LogP contribution in [0.4, 0.5) is 14.5 Å². The number of benzene rings is 2. The van der Waals surface area contributed by atoms with E-state index in [0.717, 1.165) is 12.1 Å². The van der Waals surface area contributed by atoms with E-state index < -0.39 is 11.6 Å². The van der Waals surface area contributed by atoms with Crippen LogP contribution in [0.2, 0.25) is 0 Å². The van der Waals surface area contributed by atoms with Gasteiger partial charge in [0.05, 0.1) is 18.7 Å². The molecule has 0 unspecified atom stereocenters. The van der Waals surface area contributed by atoms with Crippen molar-refractivity contribution in [2.24, 2.45) is 5.92 Å². The predicted molar refractivity (Wildman–Crippen MR) is 93.3 cm³/mol. The number of ketones is 1. The lowest BCUT2D eigenvalue weighted by Crippen LogP contribution is -2.37. The molecule has 134 valence electrons. The molecule has 1 saturated heterocycles. The predicted octanol–water partition coefficient (Wildman–Crippen LogP) is 3.94. The monoisotopic (exact) mass is 356 g/mol. The van der Waals surface area contributed by atoms with Crippen LogP contribution in [0, 0.1) is 28.9 Å². The Bertz CT molecular complexity index is 828. The number of anilines is 1. The van der Waals surface area contributed by atoms with Crippen LogP contribution in [-0.4, -0.2) is 26.0 Å². The van der Waals surface area contributed by atoms with Gasteiger partial charge in [0.25, 0.3) is 0 Å². The third-order valence-electron chi connectivity index (χ3n) is 4.70. The number of Topliss-reactive ketones (excluding diaryl/α,β-unsaturated/α-hetero) is 1. The molecule has 2 aromatic rings. The zero-order valence-corrected chi connectivity index (χ0v) is 14.3. The number of nitriles is 1. The molecule has 0 aromatic heterocycles. The number of ether oxygens (including phenoxy) is 1. The topological polar surface area (TPSA) is 53.3 Å². The van der Waals surface area contributed by atoms with E-state index in [2.05, 4.69) is 0 Å². The number of carbonyl (C=O) groups is 1. The van der Waals surface area contributed by atoms with Gasteiger partial charge in [-0.15, -0.1) is 0 Å². The van der Waals surface area contributed by atoms with Crippen molar-refractivity contribution in [3.05, 3.63) is 59.2 Å². The van der Waals surface area contributed by atoms with Gasteiger partial charge in [-0.05, 0) is 49.2 Å². The van der Waals surface area contributed by atoms with Gasteiger partial charge in [-0.1, -0.05) is 0 Å². The van der Waals surface area contributed by atoms with Crippen LogP contribution < -0.4 is 9.64 Å². The van der Waals surface area contributed by atoms with Crippen LogP contribution in [0.5, 0.6) is 5.75 Å². The van der Waals surface area contributed by atoms with Gasteiger partial charge in [0.15, 0.2) is 17.4 Å². The van der Waals surface area contributed by atoms with Crippen LogP contribution in [-0.2, 0) is 0 Å². The molecule has 2 aromatic carbocycles.